The normalized spacial score (nSPS) is 12.0. The predicted octanol–water partition coefficient (Wildman–Crippen LogP) is 2.68. The first-order valence-electron chi connectivity index (χ1n) is 11.1. The second-order valence-corrected chi connectivity index (χ2v) is 8.27. The minimum Gasteiger partial charge on any atom is -0.359 e. The van der Waals surface area contributed by atoms with E-state index in [1.807, 2.05) is 79.7 Å². The van der Waals surface area contributed by atoms with Crippen molar-refractivity contribution in [3.63, 3.8) is 0 Å². The Morgan fingerprint density at radius 2 is 1.71 bits per heavy atom. The molecule has 0 fully saturated rings. The Labute approximate surface area is 196 Å². The number of aromatic amines is 1. The summed E-state index contributed by atoms with van der Waals surface area (Å²) in [6.07, 6.45) is 1.70. The largest absolute Gasteiger partial charge is 0.383 e. The number of amides is 1. The third-order valence-corrected chi connectivity index (χ3v) is 6.01. The highest BCUT2D eigenvalue weighted by molar-refractivity contribution is 6.00. The van der Waals surface area contributed by atoms with Crippen LogP contribution in [-0.2, 0) is 6.54 Å². The van der Waals surface area contributed by atoms with Gasteiger partial charge in [0, 0.05) is 11.6 Å². The molecular weight excluding hydrogens is 426 g/mol. The van der Waals surface area contributed by atoms with Gasteiger partial charge < -0.3 is 11.1 Å². The average Bonchev–Trinajstić information content (AvgIpc) is 2.87. The predicted molar refractivity (Wildman–Crippen MR) is 130 cm³/mol. The summed E-state index contributed by atoms with van der Waals surface area (Å²) in [4.78, 5) is 30.1. The van der Waals surface area contributed by atoms with Gasteiger partial charge in [-0.05, 0) is 30.7 Å². The van der Waals surface area contributed by atoms with E-state index in [0.717, 1.165) is 11.1 Å². The molecule has 7 heteroatoms. The minimum atomic E-state index is -0.338. The number of nitrogens with zero attached hydrogens (tertiary/aromatic N) is 2. The summed E-state index contributed by atoms with van der Waals surface area (Å²) >= 11 is 0. The number of nitrogens with two attached hydrogens (primary N) is 1. The van der Waals surface area contributed by atoms with Crippen LogP contribution in [0.4, 0.5) is 5.82 Å². The van der Waals surface area contributed by atoms with Crippen molar-refractivity contribution < 1.29 is 14.3 Å². The molecule has 0 aliphatic rings. The molecule has 168 valence electrons. The maximum absolute atomic E-state index is 13.4. The first kappa shape index (κ1) is 21.3. The summed E-state index contributed by atoms with van der Waals surface area (Å²) in [6.45, 7) is 2.32. The number of nitrogens with one attached hydrogen (secondary N) is 2. The maximum Gasteiger partial charge on any atom is 0.383 e. The highest BCUT2D eigenvalue weighted by Gasteiger charge is 2.28. The van der Waals surface area contributed by atoms with Crippen LogP contribution in [0.15, 0.2) is 95.9 Å². The van der Waals surface area contributed by atoms with Gasteiger partial charge in [-0.15, -0.1) is 4.40 Å². The SMILES string of the molecule is C[C@H](NC(=O)c1cc2c(=O)n3ccccc3[nH+]c2[n+](Cc2ccccc2)c1N)c1ccccc1. The van der Waals surface area contributed by atoms with Crippen LogP contribution in [0.5, 0.6) is 0 Å². The van der Waals surface area contributed by atoms with E-state index in [9.17, 15) is 9.59 Å². The average molecular weight is 452 g/mol. The summed E-state index contributed by atoms with van der Waals surface area (Å²) in [5.41, 5.74) is 9.78. The number of hydrogen-bond donors (Lipinski definition) is 2. The zero-order valence-corrected chi connectivity index (χ0v) is 18.7. The van der Waals surface area contributed by atoms with E-state index in [1.54, 1.807) is 22.9 Å². The fourth-order valence-electron chi connectivity index (χ4n) is 4.18. The lowest BCUT2D eigenvalue weighted by Crippen LogP contribution is -2.46. The van der Waals surface area contributed by atoms with Crippen LogP contribution in [0, 0.1) is 0 Å². The van der Waals surface area contributed by atoms with Crippen LogP contribution in [0.2, 0.25) is 0 Å². The van der Waals surface area contributed by atoms with E-state index in [0.29, 0.717) is 23.2 Å². The number of carbonyl (C=O) groups excluding carboxylic acids is 1. The molecule has 4 N–H and O–H groups in total. The minimum absolute atomic E-state index is 0.226. The van der Waals surface area contributed by atoms with E-state index in [2.05, 4.69) is 10.3 Å². The lowest BCUT2D eigenvalue weighted by molar-refractivity contribution is -0.682. The molecule has 0 aliphatic heterocycles. The molecule has 0 unspecified atom stereocenters. The molecule has 2 aromatic carbocycles. The zero-order chi connectivity index (χ0) is 23.7. The third kappa shape index (κ3) is 3.88. The van der Waals surface area contributed by atoms with Crippen molar-refractivity contribution in [2.24, 2.45) is 0 Å². The molecule has 34 heavy (non-hydrogen) atoms. The zero-order valence-electron chi connectivity index (χ0n) is 18.7. The lowest BCUT2D eigenvalue weighted by Gasteiger charge is -2.15. The van der Waals surface area contributed by atoms with E-state index in [-0.39, 0.29) is 28.9 Å². The molecule has 7 nitrogen and oxygen atoms in total. The molecule has 3 aromatic heterocycles. The summed E-state index contributed by atoms with van der Waals surface area (Å²) in [5.74, 6) is -0.0554. The van der Waals surface area contributed by atoms with Gasteiger partial charge >= 0.3 is 16.9 Å². The molecule has 5 aromatic rings. The van der Waals surface area contributed by atoms with Crippen LogP contribution >= 0.6 is 0 Å². The van der Waals surface area contributed by atoms with Gasteiger partial charge in [0.1, 0.15) is 18.3 Å². The molecular formula is C27H25N5O2+2. The Kier molecular flexibility index (Phi) is 5.51. The van der Waals surface area contributed by atoms with Crippen molar-refractivity contribution in [1.29, 1.82) is 0 Å². The second-order valence-electron chi connectivity index (χ2n) is 8.27. The number of H-pyrrole nitrogens is 1. The Morgan fingerprint density at radius 3 is 2.44 bits per heavy atom. The topological polar surface area (TPSA) is 94.6 Å². The molecule has 0 spiro atoms. The number of aromatic nitrogens is 3. The summed E-state index contributed by atoms with van der Waals surface area (Å²) in [7, 11) is 0. The molecule has 0 radical (unpaired) electrons. The number of fused-ring (bicyclic) bond motifs is 2. The number of nitrogen functional groups attached to an aromatic ring is 1. The smallest absolute Gasteiger partial charge is 0.359 e. The highest BCUT2D eigenvalue weighted by Crippen LogP contribution is 2.17. The maximum atomic E-state index is 13.4. The van der Waals surface area contributed by atoms with E-state index >= 15 is 0 Å². The van der Waals surface area contributed by atoms with Gasteiger partial charge in [-0.2, -0.15) is 9.55 Å². The van der Waals surface area contributed by atoms with Crippen molar-refractivity contribution in [2.75, 3.05) is 5.73 Å². The van der Waals surface area contributed by atoms with E-state index < -0.39 is 0 Å². The standard InChI is InChI=1S/C27H23N5O2/c1-18(20-12-6-3-7-13-20)29-26(33)21-16-22-25(30-23-14-8-9-15-31(23)27(22)34)32(24(21)28)17-19-10-4-2-5-11-19/h2-16,18,28H,17H2,1H3,(H,29,33)/p+2/t18-/m0/s1. The van der Waals surface area contributed by atoms with Gasteiger partial charge in [-0.25, -0.2) is 4.79 Å². The van der Waals surface area contributed by atoms with Crippen molar-refractivity contribution >= 4 is 28.4 Å². The first-order chi connectivity index (χ1) is 16.5. The second kappa shape index (κ2) is 8.78. The molecule has 3 heterocycles. The monoisotopic (exact) mass is 451 g/mol. The summed E-state index contributed by atoms with van der Waals surface area (Å²) < 4.78 is 3.32. The van der Waals surface area contributed by atoms with E-state index in [4.69, 9.17) is 5.73 Å². The van der Waals surface area contributed by atoms with Gasteiger partial charge in [-0.3, -0.25) is 4.79 Å². The van der Waals surface area contributed by atoms with Crippen LogP contribution in [0.3, 0.4) is 0 Å². The lowest BCUT2D eigenvalue weighted by atomic mass is 10.1. The number of hydrogen-bond acceptors (Lipinski definition) is 3. The molecule has 1 amide bonds. The van der Waals surface area contributed by atoms with Crippen molar-refractivity contribution in [2.45, 2.75) is 19.5 Å². The van der Waals surface area contributed by atoms with Gasteiger partial charge in [0.25, 0.3) is 5.91 Å². The van der Waals surface area contributed by atoms with Gasteiger partial charge in [0.2, 0.25) is 5.82 Å². The van der Waals surface area contributed by atoms with Crippen LogP contribution in [-0.4, -0.2) is 10.3 Å². The third-order valence-electron chi connectivity index (χ3n) is 6.01. The number of benzene rings is 2. The van der Waals surface area contributed by atoms with Crippen molar-refractivity contribution in [3.05, 3.63) is 118 Å². The fourth-order valence-corrected chi connectivity index (χ4v) is 4.18. The molecule has 0 saturated heterocycles. The molecule has 0 bridgehead atoms. The number of anilines is 1. The Hall–Kier alpha value is -4.52. The van der Waals surface area contributed by atoms with E-state index in [1.165, 1.54) is 4.40 Å². The van der Waals surface area contributed by atoms with Crippen molar-refractivity contribution in [1.82, 2.24) is 9.72 Å². The fraction of sp³-hybridized carbons (Fsp3) is 0.111. The first-order valence-corrected chi connectivity index (χ1v) is 11.1. The molecule has 5 rings (SSSR count). The van der Waals surface area contributed by atoms with Gasteiger partial charge in [0.15, 0.2) is 5.39 Å². The highest BCUT2D eigenvalue weighted by atomic mass is 16.2. The Bertz CT molecular complexity index is 1560. The summed E-state index contributed by atoms with van der Waals surface area (Å²) in [6, 6.07) is 26.3. The van der Waals surface area contributed by atoms with Gasteiger partial charge in [-0.1, -0.05) is 60.7 Å². The molecule has 1 atom stereocenters. The van der Waals surface area contributed by atoms with Crippen LogP contribution < -0.4 is 26.2 Å². The Balaban J connectivity index is 1.68. The quantitative estimate of drug-likeness (QED) is 0.318. The Morgan fingerprint density at radius 1 is 1.03 bits per heavy atom. The van der Waals surface area contributed by atoms with Crippen molar-refractivity contribution in [3.8, 4) is 0 Å². The molecule has 0 aliphatic carbocycles. The number of carbonyl (C=O) groups is 1. The number of rotatable bonds is 5. The van der Waals surface area contributed by atoms with Crippen LogP contribution in [0.25, 0.3) is 16.7 Å². The van der Waals surface area contributed by atoms with Gasteiger partial charge in [0.05, 0.1) is 6.04 Å². The molecule has 0 saturated carbocycles. The summed E-state index contributed by atoms with van der Waals surface area (Å²) in [5, 5.41) is 3.40. The number of pyridine rings is 2. The van der Waals surface area contributed by atoms with Crippen LogP contribution in [0.1, 0.15) is 34.5 Å².